The second-order valence-electron chi connectivity index (χ2n) is 9.10. The Kier molecular flexibility index (Phi) is 9.10. The minimum Gasteiger partial charge on any atom is -0.497 e. The molecule has 0 N–H and O–H groups in total. The molecule has 0 spiro atoms. The van der Waals surface area contributed by atoms with Crippen molar-refractivity contribution in [2.24, 2.45) is 5.92 Å². The van der Waals surface area contributed by atoms with Crippen molar-refractivity contribution in [3.05, 3.63) is 46.9 Å². The van der Waals surface area contributed by atoms with Gasteiger partial charge in [-0.25, -0.2) is 9.97 Å². The van der Waals surface area contributed by atoms with Crippen molar-refractivity contribution in [2.75, 3.05) is 38.2 Å². The van der Waals surface area contributed by atoms with Crippen LogP contribution in [0, 0.1) is 19.8 Å². The fourth-order valence-electron chi connectivity index (χ4n) is 4.69. The standard InChI is InChI=1S/C27H40N4O2/c1-6-8-10-23(7-2)27(32)31-16-9-15-30(17-18-31)26-25(20(3)28-21(4)29-26)19-22-11-13-24(33-5)14-12-22/h11-14,23H,6-10,15-19H2,1-5H3. The maximum Gasteiger partial charge on any atom is 0.225 e. The first-order chi connectivity index (χ1) is 16.0. The number of nitrogens with zero attached hydrogens (tertiary/aromatic N) is 4. The summed E-state index contributed by atoms with van der Waals surface area (Å²) in [6.07, 6.45) is 5.93. The smallest absolute Gasteiger partial charge is 0.225 e. The molecule has 0 bridgehead atoms. The summed E-state index contributed by atoms with van der Waals surface area (Å²) in [5.41, 5.74) is 3.40. The van der Waals surface area contributed by atoms with E-state index >= 15 is 0 Å². The Morgan fingerprint density at radius 1 is 1.06 bits per heavy atom. The van der Waals surface area contributed by atoms with Crippen molar-refractivity contribution < 1.29 is 9.53 Å². The molecule has 0 saturated carbocycles. The molecule has 1 saturated heterocycles. The van der Waals surface area contributed by atoms with Gasteiger partial charge < -0.3 is 14.5 Å². The molecular weight excluding hydrogens is 412 g/mol. The van der Waals surface area contributed by atoms with Crippen LogP contribution in [0.1, 0.15) is 68.6 Å². The molecule has 6 nitrogen and oxygen atoms in total. The van der Waals surface area contributed by atoms with Gasteiger partial charge in [0.05, 0.1) is 7.11 Å². The van der Waals surface area contributed by atoms with Crippen molar-refractivity contribution in [1.82, 2.24) is 14.9 Å². The van der Waals surface area contributed by atoms with Crippen LogP contribution in [0.2, 0.25) is 0 Å². The number of carbonyl (C=O) groups is 1. The van der Waals surface area contributed by atoms with Crippen LogP contribution in [0.4, 0.5) is 5.82 Å². The van der Waals surface area contributed by atoms with Gasteiger partial charge in [0, 0.05) is 49.8 Å². The number of methoxy groups -OCH3 is 1. The molecule has 1 atom stereocenters. The number of benzene rings is 1. The third kappa shape index (κ3) is 6.46. The van der Waals surface area contributed by atoms with E-state index in [1.54, 1.807) is 7.11 Å². The molecule has 180 valence electrons. The largest absolute Gasteiger partial charge is 0.497 e. The summed E-state index contributed by atoms with van der Waals surface area (Å²) in [6, 6.07) is 8.20. The lowest BCUT2D eigenvalue weighted by Crippen LogP contribution is -2.39. The third-order valence-electron chi connectivity index (χ3n) is 6.70. The maximum atomic E-state index is 13.2. The highest BCUT2D eigenvalue weighted by Gasteiger charge is 2.26. The minimum absolute atomic E-state index is 0.158. The Morgan fingerprint density at radius 2 is 1.82 bits per heavy atom. The first-order valence-electron chi connectivity index (χ1n) is 12.5. The molecule has 33 heavy (non-hydrogen) atoms. The second-order valence-corrected chi connectivity index (χ2v) is 9.10. The molecular formula is C27H40N4O2. The molecule has 1 aliphatic heterocycles. The molecule has 0 radical (unpaired) electrons. The van der Waals surface area contributed by atoms with E-state index in [-0.39, 0.29) is 5.92 Å². The van der Waals surface area contributed by atoms with Crippen LogP contribution in [-0.2, 0) is 11.2 Å². The molecule has 1 aliphatic rings. The van der Waals surface area contributed by atoms with Crippen molar-refractivity contribution in [3.63, 3.8) is 0 Å². The van der Waals surface area contributed by atoms with E-state index in [9.17, 15) is 4.79 Å². The molecule has 2 heterocycles. The molecule has 1 unspecified atom stereocenters. The molecule has 1 fully saturated rings. The van der Waals surface area contributed by atoms with Crippen LogP contribution in [0.3, 0.4) is 0 Å². The Labute approximate surface area is 199 Å². The number of rotatable bonds is 9. The van der Waals surface area contributed by atoms with Crippen molar-refractivity contribution >= 4 is 11.7 Å². The SMILES string of the molecule is CCCCC(CC)C(=O)N1CCCN(c2nc(C)nc(C)c2Cc2ccc(OC)cc2)CC1. The van der Waals surface area contributed by atoms with E-state index in [0.29, 0.717) is 5.91 Å². The summed E-state index contributed by atoms with van der Waals surface area (Å²) in [5.74, 6) is 3.16. The second kappa shape index (κ2) is 12.0. The van der Waals surface area contributed by atoms with E-state index < -0.39 is 0 Å². The maximum absolute atomic E-state index is 13.2. The number of carbonyl (C=O) groups excluding carboxylic acids is 1. The lowest BCUT2D eigenvalue weighted by Gasteiger charge is -2.27. The summed E-state index contributed by atoms with van der Waals surface area (Å²) in [5, 5.41) is 0. The summed E-state index contributed by atoms with van der Waals surface area (Å²) >= 11 is 0. The summed E-state index contributed by atoms with van der Waals surface area (Å²) in [7, 11) is 1.69. The van der Waals surface area contributed by atoms with Gasteiger partial charge in [0.2, 0.25) is 5.91 Å². The van der Waals surface area contributed by atoms with Gasteiger partial charge in [0.1, 0.15) is 17.4 Å². The normalized spacial score (nSPS) is 15.3. The highest BCUT2D eigenvalue weighted by atomic mass is 16.5. The van der Waals surface area contributed by atoms with E-state index in [4.69, 9.17) is 9.72 Å². The average molecular weight is 453 g/mol. The summed E-state index contributed by atoms with van der Waals surface area (Å²) < 4.78 is 5.30. The Bertz CT molecular complexity index is 913. The van der Waals surface area contributed by atoms with Crippen molar-refractivity contribution in [1.29, 1.82) is 0 Å². The number of unbranched alkanes of at least 4 members (excludes halogenated alkanes) is 1. The topological polar surface area (TPSA) is 58.6 Å². The lowest BCUT2D eigenvalue weighted by atomic mass is 9.97. The number of anilines is 1. The van der Waals surface area contributed by atoms with E-state index in [1.165, 1.54) is 11.1 Å². The van der Waals surface area contributed by atoms with Crippen molar-refractivity contribution in [2.45, 2.75) is 66.2 Å². The first-order valence-corrected chi connectivity index (χ1v) is 12.5. The molecule has 0 aliphatic carbocycles. The van der Waals surface area contributed by atoms with Crippen LogP contribution in [0.5, 0.6) is 5.75 Å². The zero-order chi connectivity index (χ0) is 23.8. The molecule has 2 aromatic rings. The van der Waals surface area contributed by atoms with Gasteiger partial charge in [-0.3, -0.25) is 4.79 Å². The Hall–Kier alpha value is -2.63. The highest BCUT2D eigenvalue weighted by Crippen LogP contribution is 2.26. The van der Waals surface area contributed by atoms with Gasteiger partial charge in [-0.05, 0) is 50.8 Å². The van der Waals surface area contributed by atoms with Crippen LogP contribution in [0.15, 0.2) is 24.3 Å². The zero-order valence-corrected chi connectivity index (χ0v) is 21.1. The summed E-state index contributed by atoms with van der Waals surface area (Å²) in [6.45, 7) is 11.7. The monoisotopic (exact) mass is 452 g/mol. The molecule has 3 rings (SSSR count). The van der Waals surface area contributed by atoms with Gasteiger partial charge in [-0.15, -0.1) is 0 Å². The van der Waals surface area contributed by atoms with Crippen LogP contribution >= 0.6 is 0 Å². The molecule has 1 amide bonds. The van der Waals surface area contributed by atoms with Gasteiger partial charge in [0.15, 0.2) is 0 Å². The fourth-order valence-corrected chi connectivity index (χ4v) is 4.69. The number of amides is 1. The predicted octanol–water partition coefficient (Wildman–Crippen LogP) is 4.95. The fraction of sp³-hybridized carbons (Fsp3) is 0.593. The number of aromatic nitrogens is 2. The average Bonchev–Trinajstić information content (AvgIpc) is 3.07. The van der Waals surface area contributed by atoms with E-state index in [0.717, 1.165) is 87.8 Å². The van der Waals surface area contributed by atoms with Gasteiger partial charge in [-0.1, -0.05) is 38.8 Å². The van der Waals surface area contributed by atoms with Crippen molar-refractivity contribution in [3.8, 4) is 5.75 Å². The number of hydrogen-bond donors (Lipinski definition) is 0. The van der Waals surface area contributed by atoms with Crippen LogP contribution in [-0.4, -0.2) is 54.1 Å². The van der Waals surface area contributed by atoms with Gasteiger partial charge in [0.25, 0.3) is 0 Å². The zero-order valence-electron chi connectivity index (χ0n) is 21.1. The van der Waals surface area contributed by atoms with E-state index in [1.807, 2.05) is 19.1 Å². The lowest BCUT2D eigenvalue weighted by molar-refractivity contribution is -0.135. The number of aryl methyl sites for hydroxylation is 2. The molecule has 1 aromatic heterocycles. The third-order valence-corrected chi connectivity index (χ3v) is 6.70. The number of ether oxygens (including phenoxy) is 1. The molecule has 1 aromatic carbocycles. The first kappa shape index (κ1) is 25.0. The predicted molar refractivity (Wildman–Crippen MR) is 134 cm³/mol. The van der Waals surface area contributed by atoms with Crippen LogP contribution < -0.4 is 9.64 Å². The quantitative estimate of drug-likeness (QED) is 0.539. The van der Waals surface area contributed by atoms with Gasteiger partial charge in [-0.2, -0.15) is 0 Å². The van der Waals surface area contributed by atoms with E-state index in [2.05, 4.69) is 47.7 Å². The number of hydrogen-bond acceptors (Lipinski definition) is 5. The van der Waals surface area contributed by atoms with Gasteiger partial charge >= 0.3 is 0 Å². The van der Waals surface area contributed by atoms with Crippen LogP contribution in [0.25, 0.3) is 0 Å². The Balaban J connectivity index is 1.78. The minimum atomic E-state index is 0.158. The Morgan fingerprint density at radius 3 is 2.48 bits per heavy atom. The summed E-state index contributed by atoms with van der Waals surface area (Å²) in [4.78, 5) is 27.2. The highest BCUT2D eigenvalue weighted by molar-refractivity contribution is 5.79. The molecule has 6 heteroatoms.